The maximum absolute atomic E-state index is 5.44. The van der Waals surface area contributed by atoms with Crippen LogP contribution < -0.4 is 10.1 Å². The van der Waals surface area contributed by atoms with Crippen molar-refractivity contribution in [3.63, 3.8) is 0 Å². The molecule has 3 rings (SSSR count). The van der Waals surface area contributed by atoms with Crippen molar-refractivity contribution < 1.29 is 4.74 Å². The van der Waals surface area contributed by atoms with Crippen LogP contribution in [0.5, 0.6) is 5.75 Å². The van der Waals surface area contributed by atoms with Crippen LogP contribution in [0.25, 0.3) is 11.0 Å². The molecule has 0 fully saturated rings. The van der Waals surface area contributed by atoms with Crippen LogP contribution in [0.4, 0.5) is 11.4 Å². The Morgan fingerprint density at radius 2 is 1.95 bits per heavy atom. The summed E-state index contributed by atoms with van der Waals surface area (Å²) in [5.41, 5.74) is 3.60. The minimum Gasteiger partial charge on any atom is -0.494 e. The Balaban J connectivity index is 1.90. The van der Waals surface area contributed by atoms with Crippen molar-refractivity contribution in [1.29, 1.82) is 0 Å². The Labute approximate surface area is 131 Å². The van der Waals surface area contributed by atoms with Gasteiger partial charge in [0.15, 0.2) is 0 Å². The number of anilines is 2. The quantitative estimate of drug-likeness (QED) is 0.755. The van der Waals surface area contributed by atoms with Gasteiger partial charge in [-0.3, -0.25) is 9.97 Å². The van der Waals surface area contributed by atoms with Gasteiger partial charge >= 0.3 is 0 Å². The van der Waals surface area contributed by atoms with Crippen molar-refractivity contribution in [2.45, 2.75) is 6.92 Å². The number of hydrogen-bond acceptors (Lipinski definition) is 4. The van der Waals surface area contributed by atoms with E-state index in [1.54, 1.807) is 12.4 Å². The third kappa shape index (κ3) is 3.13. The normalized spacial score (nSPS) is 10.6. The Bertz CT molecular complexity index is 759. The molecule has 4 nitrogen and oxygen atoms in total. The van der Waals surface area contributed by atoms with Crippen molar-refractivity contribution in [2.24, 2.45) is 0 Å². The largest absolute Gasteiger partial charge is 0.494 e. The number of pyridine rings is 2. The average molecular weight is 344 g/mol. The number of benzene rings is 1. The van der Waals surface area contributed by atoms with E-state index in [0.717, 1.165) is 32.6 Å². The topological polar surface area (TPSA) is 47.0 Å². The van der Waals surface area contributed by atoms with Crippen LogP contribution in [0.1, 0.15) is 6.92 Å². The number of nitrogens with one attached hydrogen (secondary N) is 1. The lowest BCUT2D eigenvalue weighted by Gasteiger charge is -2.10. The molecule has 0 radical (unpaired) electrons. The van der Waals surface area contributed by atoms with Gasteiger partial charge in [0.25, 0.3) is 0 Å². The summed E-state index contributed by atoms with van der Waals surface area (Å²) in [6, 6.07) is 11.7. The molecule has 0 saturated carbocycles. The van der Waals surface area contributed by atoms with Gasteiger partial charge in [0.05, 0.1) is 17.8 Å². The molecule has 21 heavy (non-hydrogen) atoms. The highest BCUT2D eigenvalue weighted by atomic mass is 79.9. The van der Waals surface area contributed by atoms with Crippen LogP contribution in [0.3, 0.4) is 0 Å². The molecule has 0 aliphatic carbocycles. The monoisotopic (exact) mass is 343 g/mol. The minimum atomic E-state index is 0.667. The second-order valence-electron chi connectivity index (χ2n) is 4.46. The molecule has 0 spiro atoms. The van der Waals surface area contributed by atoms with E-state index in [0.29, 0.717) is 6.61 Å². The zero-order chi connectivity index (χ0) is 14.7. The minimum absolute atomic E-state index is 0.667. The molecule has 0 amide bonds. The molecule has 0 aliphatic heterocycles. The Hall–Kier alpha value is -2.14. The van der Waals surface area contributed by atoms with Gasteiger partial charge in [-0.05, 0) is 59.3 Å². The van der Waals surface area contributed by atoms with Gasteiger partial charge in [-0.15, -0.1) is 0 Å². The highest BCUT2D eigenvalue weighted by Crippen LogP contribution is 2.26. The summed E-state index contributed by atoms with van der Waals surface area (Å²) < 4.78 is 6.36. The number of fused-ring (bicyclic) bond motifs is 1. The summed E-state index contributed by atoms with van der Waals surface area (Å²) in [6.45, 7) is 2.64. The van der Waals surface area contributed by atoms with Crippen LogP contribution in [-0.4, -0.2) is 16.6 Å². The molecule has 0 bridgehead atoms. The second kappa shape index (κ2) is 6.10. The molecule has 106 valence electrons. The molecule has 0 atom stereocenters. The van der Waals surface area contributed by atoms with E-state index >= 15 is 0 Å². The summed E-state index contributed by atoms with van der Waals surface area (Å²) in [5.74, 6) is 0.865. The van der Waals surface area contributed by atoms with Crippen molar-refractivity contribution in [2.75, 3.05) is 11.9 Å². The number of nitrogens with zero attached hydrogens (tertiary/aromatic N) is 2. The van der Waals surface area contributed by atoms with E-state index in [1.165, 1.54) is 0 Å². The summed E-state index contributed by atoms with van der Waals surface area (Å²) in [4.78, 5) is 8.76. The molecular formula is C16H14BrN3O. The van der Waals surface area contributed by atoms with Crippen LogP contribution in [0, 0.1) is 0 Å². The number of aromatic nitrogens is 2. The highest BCUT2D eigenvalue weighted by Gasteiger charge is 2.04. The number of halogens is 1. The first-order valence-electron chi connectivity index (χ1n) is 6.66. The van der Waals surface area contributed by atoms with Gasteiger partial charge in [-0.2, -0.15) is 0 Å². The van der Waals surface area contributed by atoms with E-state index < -0.39 is 0 Å². The van der Waals surface area contributed by atoms with Gasteiger partial charge in [-0.1, -0.05) is 0 Å². The summed E-state index contributed by atoms with van der Waals surface area (Å²) in [7, 11) is 0. The number of hydrogen-bond donors (Lipinski definition) is 1. The number of ether oxygens (including phenoxy) is 1. The Morgan fingerprint density at radius 1 is 1.14 bits per heavy atom. The summed E-state index contributed by atoms with van der Waals surface area (Å²) in [6.07, 6.45) is 3.54. The lowest BCUT2D eigenvalue weighted by molar-refractivity contribution is 0.340. The van der Waals surface area contributed by atoms with Crippen molar-refractivity contribution in [3.8, 4) is 5.75 Å². The highest BCUT2D eigenvalue weighted by molar-refractivity contribution is 9.10. The molecule has 0 saturated heterocycles. The molecule has 0 aliphatic rings. The fraction of sp³-hybridized carbons (Fsp3) is 0.125. The number of rotatable bonds is 4. The maximum atomic E-state index is 5.44. The first-order valence-corrected chi connectivity index (χ1v) is 7.45. The van der Waals surface area contributed by atoms with Gasteiger partial charge in [0.2, 0.25) is 0 Å². The zero-order valence-electron chi connectivity index (χ0n) is 11.5. The summed E-state index contributed by atoms with van der Waals surface area (Å²) in [5, 5.41) is 3.36. The molecule has 0 unspecified atom stereocenters. The molecule has 1 N–H and O–H groups in total. The molecule has 2 heterocycles. The SMILES string of the molecule is CCOc1ccc(Nc2ccnc3cc(Br)cnc23)cc1. The van der Waals surface area contributed by atoms with Crippen molar-refractivity contribution >= 4 is 38.3 Å². The fourth-order valence-corrected chi connectivity index (χ4v) is 2.38. The predicted octanol–water partition coefficient (Wildman–Crippen LogP) is 4.53. The fourth-order valence-electron chi connectivity index (χ4n) is 2.06. The average Bonchev–Trinajstić information content (AvgIpc) is 2.49. The van der Waals surface area contributed by atoms with Crippen LogP contribution in [0.2, 0.25) is 0 Å². The van der Waals surface area contributed by atoms with E-state index in [9.17, 15) is 0 Å². The third-order valence-electron chi connectivity index (χ3n) is 2.99. The standard InChI is InChI=1S/C16H14BrN3O/c1-2-21-13-5-3-12(4-6-13)20-14-7-8-18-15-9-11(17)10-19-16(14)15/h3-10H,2H2,1H3,(H,18,20). The maximum Gasteiger partial charge on any atom is 0.119 e. The molecule has 3 aromatic rings. The van der Waals surface area contributed by atoms with Gasteiger partial charge in [0, 0.05) is 22.6 Å². The zero-order valence-corrected chi connectivity index (χ0v) is 13.1. The van der Waals surface area contributed by atoms with Crippen LogP contribution in [0.15, 0.2) is 53.3 Å². The molecule has 5 heteroatoms. The predicted molar refractivity (Wildman–Crippen MR) is 88.1 cm³/mol. The van der Waals surface area contributed by atoms with E-state index in [4.69, 9.17) is 4.74 Å². The molecule has 1 aromatic carbocycles. The van der Waals surface area contributed by atoms with Crippen molar-refractivity contribution in [1.82, 2.24) is 9.97 Å². The Kier molecular flexibility index (Phi) is 4.01. The van der Waals surface area contributed by atoms with Crippen molar-refractivity contribution in [3.05, 3.63) is 53.3 Å². The Morgan fingerprint density at radius 3 is 2.71 bits per heavy atom. The second-order valence-corrected chi connectivity index (χ2v) is 5.38. The lowest BCUT2D eigenvalue weighted by Crippen LogP contribution is -1.95. The smallest absolute Gasteiger partial charge is 0.119 e. The van der Waals surface area contributed by atoms with Gasteiger partial charge in [0.1, 0.15) is 11.3 Å². The van der Waals surface area contributed by atoms with Gasteiger partial charge < -0.3 is 10.1 Å². The first kappa shape index (κ1) is 13.8. The van der Waals surface area contributed by atoms with Gasteiger partial charge in [-0.25, -0.2) is 0 Å². The van der Waals surface area contributed by atoms with Crippen LogP contribution in [-0.2, 0) is 0 Å². The van der Waals surface area contributed by atoms with E-state index in [2.05, 4.69) is 31.2 Å². The molecule has 2 aromatic heterocycles. The van der Waals surface area contributed by atoms with Crippen LogP contribution >= 0.6 is 15.9 Å². The first-order chi connectivity index (χ1) is 10.3. The molecular weight excluding hydrogens is 330 g/mol. The van der Waals surface area contributed by atoms with E-state index in [-0.39, 0.29) is 0 Å². The lowest BCUT2D eigenvalue weighted by atomic mass is 10.2. The summed E-state index contributed by atoms with van der Waals surface area (Å²) >= 11 is 3.41. The van der Waals surface area contributed by atoms with E-state index in [1.807, 2.05) is 43.3 Å². The third-order valence-corrected chi connectivity index (χ3v) is 3.42.